The zero-order valence-electron chi connectivity index (χ0n) is 10.4. The van der Waals surface area contributed by atoms with E-state index in [9.17, 15) is 4.79 Å². The summed E-state index contributed by atoms with van der Waals surface area (Å²) in [6, 6.07) is 0. The fraction of sp³-hybridized carbons (Fsp3) is 0.769. The lowest BCUT2D eigenvalue weighted by Crippen LogP contribution is -2.38. The molecule has 3 heteroatoms. The zero-order chi connectivity index (χ0) is 11.6. The molecule has 1 N–H and O–H groups in total. The Labute approximate surface area is 98.9 Å². The van der Waals surface area contributed by atoms with Crippen molar-refractivity contribution < 1.29 is 4.79 Å². The molecule has 1 rings (SSSR count). The van der Waals surface area contributed by atoms with E-state index < -0.39 is 0 Å². The Balaban J connectivity index is 2.12. The molecule has 0 aliphatic carbocycles. The number of hydrogen-bond donors (Lipinski definition) is 1. The minimum absolute atomic E-state index is 0.266. The lowest BCUT2D eigenvalue weighted by Gasteiger charge is -2.20. The van der Waals surface area contributed by atoms with E-state index in [1.165, 1.54) is 25.7 Å². The largest absolute Gasteiger partial charge is 0.342 e. The maximum Gasteiger partial charge on any atom is 0.236 e. The Morgan fingerprint density at radius 3 is 2.56 bits per heavy atom. The molecule has 0 radical (unpaired) electrons. The van der Waals surface area contributed by atoms with Gasteiger partial charge in [-0.2, -0.15) is 0 Å². The maximum atomic E-state index is 11.8. The van der Waals surface area contributed by atoms with E-state index in [-0.39, 0.29) is 5.91 Å². The average Bonchev–Trinajstić information content (AvgIpc) is 2.57. The summed E-state index contributed by atoms with van der Waals surface area (Å²) in [7, 11) is 0. The Bertz CT molecular complexity index is 218. The number of carbonyl (C=O) groups is 1. The van der Waals surface area contributed by atoms with Crippen molar-refractivity contribution in [3.63, 3.8) is 0 Å². The number of allylic oxidation sites excluding steroid dienone is 1. The quantitative estimate of drug-likeness (QED) is 0.572. The molecule has 0 atom stereocenters. The van der Waals surface area contributed by atoms with Crippen molar-refractivity contribution >= 4 is 5.91 Å². The van der Waals surface area contributed by atoms with Crippen molar-refractivity contribution in [1.82, 2.24) is 10.2 Å². The van der Waals surface area contributed by atoms with Gasteiger partial charge in [-0.25, -0.2) is 0 Å². The molecule has 92 valence electrons. The number of rotatable bonds is 5. The second kappa shape index (κ2) is 8.34. The van der Waals surface area contributed by atoms with Gasteiger partial charge < -0.3 is 10.2 Å². The van der Waals surface area contributed by atoms with Gasteiger partial charge in [-0.3, -0.25) is 4.79 Å². The monoisotopic (exact) mass is 224 g/mol. The number of carbonyl (C=O) groups excluding carboxylic acids is 1. The summed E-state index contributed by atoms with van der Waals surface area (Å²) < 4.78 is 0. The summed E-state index contributed by atoms with van der Waals surface area (Å²) in [6.07, 6.45) is 10.1. The smallest absolute Gasteiger partial charge is 0.236 e. The SMILES string of the molecule is C/C=C/CCNCC(=O)N1CCCCCC1. The number of amides is 1. The Morgan fingerprint density at radius 1 is 1.25 bits per heavy atom. The molecule has 1 aliphatic heterocycles. The van der Waals surface area contributed by atoms with Crippen LogP contribution in [0.25, 0.3) is 0 Å². The average molecular weight is 224 g/mol. The fourth-order valence-electron chi connectivity index (χ4n) is 1.98. The van der Waals surface area contributed by atoms with Crippen molar-refractivity contribution in [1.29, 1.82) is 0 Å². The molecule has 0 saturated carbocycles. The van der Waals surface area contributed by atoms with Crippen LogP contribution in [0.5, 0.6) is 0 Å². The van der Waals surface area contributed by atoms with Crippen molar-refractivity contribution in [3.05, 3.63) is 12.2 Å². The lowest BCUT2D eigenvalue weighted by atomic mass is 10.2. The van der Waals surface area contributed by atoms with Gasteiger partial charge in [0.1, 0.15) is 0 Å². The Kier molecular flexibility index (Phi) is 6.90. The zero-order valence-corrected chi connectivity index (χ0v) is 10.4. The lowest BCUT2D eigenvalue weighted by molar-refractivity contribution is -0.130. The minimum atomic E-state index is 0.266. The van der Waals surface area contributed by atoms with Gasteiger partial charge in [0.2, 0.25) is 5.91 Å². The molecule has 1 amide bonds. The van der Waals surface area contributed by atoms with Crippen molar-refractivity contribution in [3.8, 4) is 0 Å². The van der Waals surface area contributed by atoms with Crippen LogP contribution in [0.3, 0.4) is 0 Å². The van der Waals surface area contributed by atoms with Crippen LogP contribution in [0, 0.1) is 0 Å². The molecule has 1 saturated heterocycles. The first kappa shape index (κ1) is 13.2. The summed E-state index contributed by atoms with van der Waals surface area (Å²) >= 11 is 0. The van der Waals surface area contributed by atoms with Crippen LogP contribution in [0.1, 0.15) is 39.0 Å². The third kappa shape index (κ3) is 5.31. The van der Waals surface area contributed by atoms with Crippen molar-refractivity contribution in [2.45, 2.75) is 39.0 Å². The molecule has 0 aromatic rings. The van der Waals surface area contributed by atoms with E-state index in [1.54, 1.807) is 0 Å². The van der Waals surface area contributed by atoms with Crippen LogP contribution in [-0.2, 0) is 4.79 Å². The first-order valence-corrected chi connectivity index (χ1v) is 6.44. The first-order chi connectivity index (χ1) is 7.84. The van der Waals surface area contributed by atoms with Crippen LogP contribution in [0.4, 0.5) is 0 Å². The molecule has 0 aromatic carbocycles. The standard InChI is InChI=1S/C13H24N2O/c1-2-3-6-9-14-12-13(16)15-10-7-4-5-8-11-15/h2-3,14H,4-12H2,1H3/b3-2+. The summed E-state index contributed by atoms with van der Waals surface area (Å²) in [5.74, 6) is 0.266. The van der Waals surface area contributed by atoms with Crippen LogP contribution in [0.2, 0.25) is 0 Å². The molecule has 1 fully saturated rings. The normalized spacial score (nSPS) is 17.7. The number of nitrogens with zero attached hydrogens (tertiary/aromatic N) is 1. The predicted octanol–water partition coefficient (Wildman–Crippen LogP) is 1.94. The molecule has 0 unspecified atom stereocenters. The van der Waals surface area contributed by atoms with Crippen molar-refractivity contribution in [2.75, 3.05) is 26.2 Å². The molecular weight excluding hydrogens is 200 g/mol. The summed E-state index contributed by atoms with van der Waals surface area (Å²) in [5, 5.41) is 3.20. The van der Waals surface area contributed by atoms with Crippen LogP contribution < -0.4 is 5.32 Å². The second-order valence-corrected chi connectivity index (χ2v) is 4.33. The van der Waals surface area contributed by atoms with Gasteiger partial charge in [-0.05, 0) is 32.7 Å². The minimum Gasteiger partial charge on any atom is -0.342 e. The summed E-state index contributed by atoms with van der Waals surface area (Å²) in [4.78, 5) is 13.8. The van der Waals surface area contributed by atoms with Crippen molar-refractivity contribution in [2.24, 2.45) is 0 Å². The molecule has 0 bridgehead atoms. The van der Waals surface area contributed by atoms with E-state index in [0.29, 0.717) is 6.54 Å². The van der Waals surface area contributed by atoms with Gasteiger partial charge in [0.25, 0.3) is 0 Å². The second-order valence-electron chi connectivity index (χ2n) is 4.33. The molecule has 0 aromatic heterocycles. The van der Waals surface area contributed by atoms with Gasteiger partial charge >= 0.3 is 0 Å². The highest BCUT2D eigenvalue weighted by atomic mass is 16.2. The number of nitrogens with one attached hydrogen (secondary N) is 1. The van der Waals surface area contributed by atoms with Gasteiger partial charge in [0, 0.05) is 13.1 Å². The third-order valence-corrected chi connectivity index (χ3v) is 2.96. The molecule has 1 heterocycles. The van der Waals surface area contributed by atoms with E-state index in [1.807, 2.05) is 17.9 Å². The molecular formula is C13H24N2O. The summed E-state index contributed by atoms with van der Waals surface area (Å²) in [5.41, 5.74) is 0. The third-order valence-electron chi connectivity index (χ3n) is 2.96. The predicted molar refractivity (Wildman–Crippen MR) is 67.3 cm³/mol. The highest BCUT2D eigenvalue weighted by Gasteiger charge is 2.14. The topological polar surface area (TPSA) is 32.3 Å². The van der Waals surface area contributed by atoms with Gasteiger partial charge in [-0.15, -0.1) is 0 Å². The Hall–Kier alpha value is -0.830. The van der Waals surface area contributed by atoms with Gasteiger partial charge in [-0.1, -0.05) is 25.0 Å². The molecule has 0 spiro atoms. The summed E-state index contributed by atoms with van der Waals surface area (Å²) in [6.45, 7) is 5.31. The highest BCUT2D eigenvalue weighted by molar-refractivity contribution is 5.78. The van der Waals surface area contributed by atoms with Crippen LogP contribution in [-0.4, -0.2) is 37.0 Å². The van der Waals surface area contributed by atoms with Gasteiger partial charge in [0.05, 0.1) is 6.54 Å². The first-order valence-electron chi connectivity index (χ1n) is 6.44. The molecule has 1 aliphatic rings. The highest BCUT2D eigenvalue weighted by Crippen LogP contribution is 2.09. The number of hydrogen-bond acceptors (Lipinski definition) is 2. The molecule has 16 heavy (non-hydrogen) atoms. The Morgan fingerprint density at radius 2 is 1.94 bits per heavy atom. The number of likely N-dealkylation sites (tertiary alicyclic amines) is 1. The maximum absolute atomic E-state index is 11.8. The fourth-order valence-corrected chi connectivity index (χ4v) is 1.98. The molecule has 3 nitrogen and oxygen atoms in total. The van der Waals surface area contributed by atoms with Crippen LogP contribution >= 0.6 is 0 Å². The van der Waals surface area contributed by atoms with Gasteiger partial charge in [0.15, 0.2) is 0 Å². The van der Waals surface area contributed by atoms with E-state index in [0.717, 1.165) is 26.1 Å². The van der Waals surface area contributed by atoms with E-state index >= 15 is 0 Å². The van der Waals surface area contributed by atoms with Crippen LogP contribution in [0.15, 0.2) is 12.2 Å². The van der Waals surface area contributed by atoms with E-state index in [2.05, 4.69) is 11.4 Å². The van der Waals surface area contributed by atoms with E-state index in [4.69, 9.17) is 0 Å².